The largest absolute Gasteiger partial charge is 0.465 e. The Morgan fingerprint density at radius 1 is 0.867 bits per heavy atom. The molecular formula is C34H46Br2N6O3. The quantitative estimate of drug-likeness (QED) is 0.420. The molecule has 0 spiro atoms. The summed E-state index contributed by atoms with van der Waals surface area (Å²) >= 11 is 7.30. The summed E-state index contributed by atoms with van der Waals surface area (Å²) in [4.78, 5) is 38.2. The molecule has 6 rings (SSSR count). The average Bonchev–Trinajstić information content (AvgIpc) is 3.43. The number of fused-ring (bicyclic) bond motifs is 1. The monoisotopic (exact) mass is 744 g/mol. The molecule has 2 amide bonds. The van der Waals surface area contributed by atoms with E-state index in [2.05, 4.69) is 93.2 Å². The first kappa shape index (κ1) is 32.7. The maximum atomic E-state index is 14.9. The van der Waals surface area contributed by atoms with E-state index in [0.717, 1.165) is 98.1 Å². The smallest absolute Gasteiger partial charge is 0.408 e. The normalized spacial score (nSPS) is 23.2. The molecule has 3 saturated heterocycles. The lowest BCUT2D eigenvalue weighted by molar-refractivity contribution is -0.132. The van der Waals surface area contributed by atoms with Crippen molar-refractivity contribution < 1.29 is 14.7 Å². The second kappa shape index (κ2) is 15.2. The fraction of sp³-hybridized carbons (Fsp3) is 0.588. The van der Waals surface area contributed by atoms with E-state index in [1.165, 1.54) is 18.4 Å². The third kappa shape index (κ3) is 7.70. The Morgan fingerprint density at radius 3 is 2.49 bits per heavy atom. The third-order valence-electron chi connectivity index (χ3n) is 10.2. The number of carbonyl (C=O) groups is 2. The molecule has 2 atom stereocenters. The summed E-state index contributed by atoms with van der Waals surface area (Å²) in [5.74, 6) is 0.164. The molecule has 4 aliphatic heterocycles. The van der Waals surface area contributed by atoms with Crippen LogP contribution in [0.15, 0.2) is 51.4 Å². The van der Waals surface area contributed by atoms with E-state index in [-0.39, 0.29) is 12.1 Å². The lowest BCUT2D eigenvalue weighted by Crippen LogP contribution is -2.59. The predicted octanol–water partition coefficient (Wildman–Crippen LogP) is 5.22. The Kier molecular flexibility index (Phi) is 11.0. The van der Waals surface area contributed by atoms with Crippen LogP contribution >= 0.6 is 31.9 Å². The Labute approximate surface area is 284 Å². The molecule has 244 valence electrons. The molecular weight excluding hydrogens is 700 g/mol. The van der Waals surface area contributed by atoms with Gasteiger partial charge in [0.05, 0.1) is 12.8 Å². The molecule has 0 aromatic heterocycles. The van der Waals surface area contributed by atoms with E-state index in [4.69, 9.17) is 0 Å². The zero-order valence-corrected chi connectivity index (χ0v) is 29.2. The number of amides is 2. The minimum absolute atomic E-state index is 0.164. The molecule has 0 saturated carbocycles. The number of piperidine rings is 2. The van der Waals surface area contributed by atoms with Crippen LogP contribution < -0.4 is 10.2 Å². The van der Waals surface area contributed by atoms with Crippen LogP contribution in [-0.4, -0.2) is 114 Å². The second-order valence-corrected chi connectivity index (χ2v) is 14.6. The molecule has 0 bridgehead atoms. The van der Waals surface area contributed by atoms with Crippen molar-refractivity contribution >= 4 is 49.5 Å². The van der Waals surface area contributed by atoms with Crippen LogP contribution in [0.3, 0.4) is 0 Å². The second-order valence-electron chi connectivity index (χ2n) is 12.9. The number of carbonyl (C=O) groups excluding carboxylic acids is 1. The van der Waals surface area contributed by atoms with Crippen molar-refractivity contribution in [1.82, 2.24) is 24.9 Å². The number of anilines is 1. The molecule has 0 radical (unpaired) electrons. The van der Waals surface area contributed by atoms with Crippen molar-refractivity contribution in [2.75, 3.05) is 63.9 Å². The van der Waals surface area contributed by atoms with Gasteiger partial charge in [0.15, 0.2) is 0 Å². The number of halogens is 2. The SMILES string of the molecule is O=C([C@@H](Cc1ccc(Br)c(Br)c1)N1CN(C2CCCCN2C(=O)O)CCc2ccccc21)N1CCCN(C2CCNCC2)CC1. The van der Waals surface area contributed by atoms with Gasteiger partial charge in [0.2, 0.25) is 5.91 Å². The van der Waals surface area contributed by atoms with Gasteiger partial charge < -0.3 is 20.2 Å². The number of likely N-dealkylation sites (tertiary alicyclic amines) is 1. The number of carboxylic acid groups (broad SMARTS) is 1. The highest BCUT2D eigenvalue weighted by atomic mass is 79.9. The summed E-state index contributed by atoms with van der Waals surface area (Å²) in [6.07, 6.45) is 6.36. The molecule has 2 aromatic carbocycles. The van der Waals surface area contributed by atoms with Gasteiger partial charge in [-0.1, -0.05) is 24.3 Å². The molecule has 2 N–H and O–H groups in total. The lowest BCUT2D eigenvalue weighted by Gasteiger charge is -2.44. The van der Waals surface area contributed by atoms with Gasteiger partial charge in [0.25, 0.3) is 0 Å². The number of para-hydroxylation sites is 1. The highest BCUT2D eigenvalue weighted by Crippen LogP contribution is 2.33. The minimum atomic E-state index is -0.858. The van der Waals surface area contributed by atoms with Gasteiger partial charge in [-0.05, 0) is 119 Å². The molecule has 9 nitrogen and oxygen atoms in total. The van der Waals surface area contributed by atoms with Crippen molar-refractivity contribution in [2.45, 2.75) is 69.6 Å². The van der Waals surface area contributed by atoms with E-state index in [1.807, 2.05) is 6.07 Å². The Morgan fingerprint density at radius 2 is 1.69 bits per heavy atom. The molecule has 1 unspecified atom stereocenters. The van der Waals surface area contributed by atoms with Crippen LogP contribution in [0.5, 0.6) is 0 Å². The topological polar surface area (TPSA) is 82.6 Å². The van der Waals surface area contributed by atoms with Crippen LogP contribution in [0.4, 0.5) is 10.5 Å². The number of hydrogen-bond donors (Lipinski definition) is 2. The average molecular weight is 747 g/mol. The van der Waals surface area contributed by atoms with Crippen molar-refractivity contribution in [1.29, 1.82) is 0 Å². The van der Waals surface area contributed by atoms with E-state index in [9.17, 15) is 14.7 Å². The van der Waals surface area contributed by atoms with Crippen LogP contribution in [0.1, 0.15) is 49.7 Å². The lowest BCUT2D eigenvalue weighted by atomic mass is 10.0. The van der Waals surface area contributed by atoms with Crippen LogP contribution in [-0.2, 0) is 17.6 Å². The number of benzene rings is 2. The number of hydrogen-bond acceptors (Lipinski definition) is 6. The molecule has 2 aromatic rings. The van der Waals surface area contributed by atoms with E-state index in [0.29, 0.717) is 25.7 Å². The summed E-state index contributed by atoms with van der Waals surface area (Å²) in [6, 6.07) is 14.9. The Balaban J connectivity index is 1.32. The first-order chi connectivity index (χ1) is 21.9. The Bertz CT molecular complexity index is 1340. The zero-order valence-electron chi connectivity index (χ0n) is 26.1. The maximum Gasteiger partial charge on any atom is 0.408 e. The number of nitrogens with zero attached hydrogens (tertiary/aromatic N) is 5. The standard InChI is InChI=1S/C34H46Br2N6O3/c35-28-10-9-25(22-29(28)36)23-31(33(43)39-17-5-16-38(20-21-39)27-11-14-37-15-12-27)42-24-40(19-13-26-6-1-2-7-30(26)42)32-8-3-4-18-41(32)34(44)45/h1-2,6-7,9-10,22,27,31-32,37H,3-5,8,11-21,23-24H2,(H,44,45)/t31-,32?/m1/s1. The first-order valence-corrected chi connectivity index (χ1v) is 18.2. The van der Waals surface area contributed by atoms with Gasteiger partial charge in [-0.3, -0.25) is 19.5 Å². The molecule has 45 heavy (non-hydrogen) atoms. The van der Waals surface area contributed by atoms with Crippen molar-refractivity contribution in [3.05, 3.63) is 62.5 Å². The summed E-state index contributed by atoms with van der Waals surface area (Å²) in [5.41, 5.74) is 3.38. The maximum absolute atomic E-state index is 14.9. The van der Waals surface area contributed by atoms with Gasteiger partial charge in [-0.2, -0.15) is 0 Å². The van der Waals surface area contributed by atoms with Gasteiger partial charge in [0.1, 0.15) is 6.04 Å². The number of nitrogens with one attached hydrogen (secondary N) is 1. The predicted molar refractivity (Wildman–Crippen MR) is 185 cm³/mol. The first-order valence-electron chi connectivity index (χ1n) is 16.6. The third-order valence-corrected chi connectivity index (χ3v) is 12.1. The molecule has 4 aliphatic rings. The van der Waals surface area contributed by atoms with Crippen LogP contribution in [0.25, 0.3) is 0 Å². The molecule has 4 heterocycles. The van der Waals surface area contributed by atoms with Crippen LogP contribution in [0.2, 0.25) is 0 Å². The highest BCUT2D eigenvalue weighted by molar-refractivity contribution is 9.13. The van der Waals surface area contributed by atoms with Gasteiger partial charge in [-0.15, -0.1) is 0 Å². The summed E-state index contributed by atoms with van der Waals surface area (Å²) in [5, 5.41) is 13.6. The fourth-order valence-electron chi connectivity index (χ4n) is 7.76. The van der Waals surface area contributed by atoms with E-state index in [1.54, 1.807) is 4.90 Å². The molecule has 3 fully saturated rings. The molecule has 11 heteroatoms. The highest BCUT2D eigenvalue weighted by Gasteiger charge is 2.39. The summed E-state index contributed by atoms with van der Waals surface area (Å²) in [7, 11) is 0. The van der Waals surface area contributed by atoms with E-state index < -0.39 is 12.1 Å². The fourth-order valence-corrected chi connectivity index (χ4v) is 8.43. The minimum Gasteiger partial charge on any atom is -0.465 e. The molecule has 0 aliphatic carbocycles. The number of rotatable bonds is 6. The van der Waals surface area contributed by atoms with Gasteiger partial charge >= 0.3 is 6.09 Å². The van der Waals surface area contributed by atoms with Crippen molar-refractivity contribution in [3.8, 4) is 0 Å². The Hall–Kier alpha value is -2.18. The van der Waals surface area contributed by atoms with Gasteiger partial charge in [0, 0.05) is 66.4 Å². The van der Waals surface area contributed by atoms with Crippen molar-refractivity contribution in [2.24, 2.45) is 0 Å². The summed E-state index contributed by atoms with van der Waals surface area (Å²) < 4.78 is 1.95. The van der Waals surface area contributed by atoms with Crippen LogP contribution in [0, 0.1) is 0 Å². The van der Waals surface area contributed by atoms with Crippen molar-refractivity contribution in [3.63, 3.8) is 0 Å². The van der Waals surface area contributed by atoms with Gasteiger partial charge in [-0.25, -0.2) is 4.79 Å². The van der Waals surface area contributed by atoms with E-state index >= 15 is 0 Å². The zero-order chi connectivity index (χ0) is 31.3. The summed E-state index contributed by atoms with van der Waals surface area (Å²) in [6.45, 7) is 7.39.